The Morgan fingerprint density at radius 2 is 1.77 bits per heavy atom. The van der Waals surface area contributed by atoms with Gasteiger partial charge in [-0.3, -0.25) is 24.0 Å². The molecule has 18 heteroatoms. The summed E-state index contributed by atoms with van der Waals surface area (Å²) in [5.74, 6) is -3.99. The summed E-state index contributed by atoms with van der Waals surface area (Å²) in [7, 11) is -2.58. The molecular weight excluding hydrogens is 772 g/mol. The lowest BCUT2D eigenvalue weighted by Gasteiger charge is -2.45. The van der Waals surface area contributed by atoms with Crippen molar-refractivity contribution in [3.63, 3.8) is 0 Å². The van der Waals surface area contributed by atoms with Crippen molar-refractivity contribution < 1.29 is 55.3 Å². The minimum atomic E-state index is -5.09. The summed E-state index contributed by atoms with van der Waals surface area (Å²) in [6, 6.07) is 3.69. The number of amides is 4. The maximum atomic E-state index is 15.0. The smallest absolute Gasteiger partial charge is 0.411 e. The summed E-state index contributed by atoms with van der Waals surface area (Å²) in [6.07, 6.45) is -0.578. The van der Waals surface area contributed by atoms with Crippen LogP contribution in [0.5, 0.6) is 11.6 Å². The number of carbonyl (C=O) groups is 4. The van der Waals surface area contributed by atoms with E-state index >= 15 is 0 Å². The number of halogens is 3. The average Bonchev–Trinajstić information content (AvgIpc) is 3.63. The fourth-order valence-electron chi connectivity index (χ4n) is 8.34. The Hall–Kier alpha value is -4.61. The third-order valence-electron chi connectivity index (χ3n) is 12.1. The number of nitrogens with one attached hydrogen (secondary N) is 2. The second-order valence-electron chi connectivity index (χ2n) is 16.4. The number of benzene rings is 1. The van der Waals surface area contributed by atoms with Crippen molar-refractivity contribution in [1.29, 1.82) is 0 Å². The maximum absolute atomic E-state index is 15.0. The Labute approximate surface area is 329 Å². The number of aromatic nitrogens is 1. The first-order valence-corrected chi connectivity index (χ1v) is 20.8. The first kappa shape index (κ1) is 42.0. The number of nitrogens with zero attached hydrogens (tertiary/aromatic N) is 3. The second-order valence-corrected chi connectivity index (χ2v) is 18.4. The molecule has 4 amide bonds. The van der Waals surface area contributed by atoms with E-state index < -0.39 is 86.4 Å². The van der Waals surface area contributed by atoms with Gasteiger partial charge in [0.05, 0.1) is 25.1 Å². The zero-order valence-electron chi connectivity index (χ0n) is 32.5. The predicted molar refractivity (Wildman–Crippen MR) is 202 cm³/mol. The molecule has 1 aromatic heterocycles. The van der Waals surface area contributed by atoms with Gasteiger partial charge in [0.2, 0.25) is 27.7 Å². The van der Waals surface area contributed by atoms with E-state index in [2.05, 4.69) is 15.0 Å². The van der Waals surface area contributed by atoms with E-state index in [9.17, 15) is 45.9 Å². The van der Waals surface area contributed by atoms with Gasteiger partial charge in [0, 0.05) is 23.1 Å². The van der Waals surface area contributed by atoms with E-state index in [4.69, 9.17) is 9.47 Å². The molecule has 0 unspecified atom stereocenters. The molecule has 3 fully saturated rings. The van der Waals surface area contributed by atoms with Crippen molar-refractivity contribution >= 4 is 44.6 Å². The van der Waals surface area contributed by atoms with E-state index in [1.54, 1.807) is 30.3 Å². The third kappa shape index (κ3) is 8.10. The van der Waals surface area contributed by atoms with Gasteiger partial charge in [-0.25, -0.2) is 18.2 Å². The van der Waals surface area contributed by atoms with Crippen LogP contribution < -0.4 is 19.5 Å². The van der Waals surface area contributed by atoms with Crippen LogP contribution in [-0.4, -0.2) is 106 Å². The highest BCUT2D eigenvalue weighted by Crippen LogP contribution is 2.47. The molecule has 3 N–H and O–H groups in total. The van der Waals surface area contributed by atoms with Gasteiger partial charge in [-0.05, 0) is 70.3 Å². The fraction of sp³-hybridized carbons (Fsp3) is 0.615. The van der Waals surface area contributed by atoms with E-state index in [0.29, 0.717) is 62.5 Å². The number of allylic oxidation sites excluding steroid dienone is 1. The molecule has 0 radical (unpaired) electrons. The average molecular weight is 822 g/mol. The number of rotatable bonds is 8. The van der Waals surface area contributed by atoms with Crippen molar-refractivity contribution in [1.82, 2.24) is 24.8 Å². The van der Waals surface area contributed by atoms with Crippen molar-refractivity contribution in [2.24, 2.45) is 17.8 Å². The van der Waals surface area contributed by atoms with Crippen LogP contribution >= 0.6 is 0 Å². The first-order chi connectivity index (χ1) is 26.7. The van der Waals surface area contributed by atoms with Crippen molar-refractivity contribution in [3.8, 4) is 11.6 Å². The molecule has 2 aliphatic carbocycles. The Bertz CT molecular complexity index is 2040. The molecule has 2 saturated carbocycles. The number of hydrogen-bond donors (Lipinski definition) is 3. The minimum Gasteiger partial charge on any atom is -0.494 e. The van der Waals surface area contributed by atoms with Crippen molar-refractivity contribution in [2.75, 3.05) is 13.7 Å². The number of sulfonamides is 1. The Kier molecular flexibility index (Phi) is 11.5. The SMILES string of the molecule is COc1cnc(O[C@@H]2C[C@H]3C(=O)N[C@]4(C(=O)NS(=O)(=O)C5CCC5)C[C@H]4/C=C\CC[C@@H](C)C[C@@H](C)[C@H](N(C(=O)O)C(C)(C)C(F)(F)F)C(=O)N3C2)c2ccccc12. The molecule has 0 bridgehead atoms. The van der Waals surface area contributed by atoms with Crippen LogP contribution in [0, 0.1) is 17.8 Å². The summed E-state index contributed by atoms with van der Waals surface area (Å²) in [4.78, 5) is 61.8. The van der Waals surface area contributed by atoms with Crippen LogP contribution in [0.25, 0.3) is 10.8 Å². The topological polar surface area (TPSA) is 185 Å². The van der Waals surface area contributed by atoms with Gasteiger partial charge in [-0.2, -0.15) is 13.2 Å². The summed E-state index contributed by atoms with van der Waals surface area (Å²) in [5.41, 5.74) is -4.73. The third-order valence-corrected chi connectivity index (χ3v) is 13.9. The first-order valence-electron chi connectivity index (χ1n) is 19.2. The highest BCUT2D eigenvalue weighted by molar-refractivity contribution is 7.90. The summed E-state index contributed by atoms with van der Waals surface area (Å²) in [6.45, 7) is 4.41. The molecule has 1 saturated heterocycles. The molecule has 0 spiro atoms. The molecule has 57 heavy (non-hydrogen) atoms. The Morgan fingerprint density at radius 1 is 1.09 bits per heavy atom. The molecule has 1 aromatic carbocycles. The Balaban J connectivity index is 1.42. The fourth-order valence-corrected chi connectivity index (χ4v) is 9.90. The normalized spacial score (nSPS) is 29.4. The lowest BCUT2D eigenvalue weighted by Crippen LogP contribution is -2.66. The van der Waals surface area contributed by atoms with Gasteiger partial charge in [-0.15, -0.1) is 0 Å². The summed E-state index contributed by atoms with van der Waals surface area (Å²) < 4.78 is 84.1. The van der Waals surface area contributed by atoms with Crippen LogP contribution in [0.2, 0.25) is 0 Å². The lowest BCUT2D eigenvalue weighted by atomic mass is 9.85. The van der Waals surface area contributed by atoms with E-state index in [1.165, 1.54) is 20.2 Å². The highest BCUT2D eigenvalue weighted by Gasteiger charge is 2.63. The number of carbonyl (C=O) groups excluding carboxylic acids is 3. The highest BCUT2D eigenvalue weighted by atomic mass is 32.2. The summed E-state index contributed by atoms with van der Waals surface area (Å²) in [5, 5.41) is 13.6. The Morgan fingerprint density at radius 3 is 2.39 bits per heavy atom. The number of pyridine rings is 1. The molecule has 6 rings (SSSR count). The number of carboxylic acid groups (broad SMARTS) is 1. The molecule has 2 aromatic rings. The van der Waals surface area contributed by atoms with Crippen LogP contribution in [-0.2, 0) is 24.4 Å². The maximum Gasteiger partial charge on any atom is 0.411 e. The van der Waals surface area contributed by atoms with E-state index in [0.717, 1.165) is 4.90 Å². The van der Waals surface area contributed by atoms with Crippen LogP contribution in [0.15, 0.2) is 42.6 Å². The second kappa shape index (κ2) is 15.6. The molecule has 14 nitrogen and oxygen atoms in total. The number of alkyl halides is 3. The molecule has 2 aliphatic heterocycles. The monoisotopic (exact) mass is 821 g/mol. The number of hydrogen-bond acceptors (Lipinski definition) is 9. The van der Waals surface area contributed by atoms with Gasteiger partial charge in [0.1, 0.15) is 35.0 Å². The number of fused-ring (bicyclic) bond motifs is 3. The largest absolute Gasteiger partial charge is 0.494 e. The molecule has 7 atom stereocenters. The zero-order valence-corrected chi connectivity index (χ0v) is 33.4. The molecule has 312 valence electrons. The van der Waals surface area contributed by atoms with Gasteiger partial charge in [0.25, 0.3) is 5.91 Å². The van der Waals surface area contributed by atoms with Gasteiger partial charge >= 0.3 is 12.3 Å². The zero-order chi connectivity index (χ0) is 41.7. The summed E-state index contributed by atoms with van der Waals surface area (Å²) >= 11 is 0. The standard InChI is InChI=1S/C39H50F3N5O9S/c1-22-11-6-7-12-24-19-38(24,35(50)45-57(53,54)26-13-10-14-26)44-32(48)29-18-25(56-33-28-16-9-8-15-27(28)30(55-5)20-43-33)21-46(29)34(49)31(23(2)17-22)47(36(51)52)37(3,4)39(40,41)42/h7-9,12,15-16,20,22-26,29,31H,6,10-11,13-14,17-19,21H2,1-5H3,(H,44,48)(H,45,50)(H,51,52)/b12-7-/t22-,23-,24-,25-,29+,31+,38-/m1/s1. The molecule has 3 heterocycles. The van der Waals surface area contributed by atoms with Crippen LogP contribution in [0.4, 0.5) is 18.0 Å². The van der Waals surface area contributed by atoms with E-state index in [-0.39, 0.29) is 42.5 Å². The van der Waals surface area contributed by atoms with Crippen molar-refractivity contribution in [3.05, 3.63) is 42.6 Å². The quantitative estimate of drug-likeness (QED) is 0.301. The van der Waals surface area contributed by atoms with Crippen LogP contribution in [0.1, 0.15) is 79.1 Å². The van der Waals surface area contributed by atoms with Crippen molar-refractivity contribution in [2.45, 2.75) is 120 Å². The predicted octanol–water partition coefficient (Wildman–Crippen LogP) is 5.17. The van der Waals surface area contributed by atoms with Gasteiger partial charge in [0.15, 0.2) is 0 Å². The number of ether oxygens (including phenoxy) is 2. The molecule has 4 aliphatic rings. The van der Waals surface area contributed by atoms with Crippen LogP contribution in [0.3, 0.4) is 0 Å². The minimum absolute atomic E-state index is 0.0609. The lowest BCUT2D eigenvalue weighted by molar-refractivity contribution is -0.222. The van der Waals surface area contributed by atoms with Gasteiger partial charge in [-0.1, -0.05) is 50.6 Å². The number of methoxy groups -OCH3 is 1. The molecular formula is C39H50F3N5O9S. The van der Waals surface area contributed by atoms with Gasteiger partial charge < -0.3 is 24.8 Å². The van der Waals surface area contributed by atoms with E-state index in [1.807, 2.05) is 13.0 Å².